The molecule has 0 heterocycles. The predicted octanol–water partition coefficient (Wildman–Crippen LogP) is 4.03. The van der Waals surface area contributed by atoms with Gasteiger partial charge in [-0.2, -0.15) is 0 Å². The quantitative estimate of drug-likeness (QED) is 0.677. The summed E-state index contributed by atoms with van der Waals surface area (Å²) in [5, 5.41) is 2.99. The molecule has 1 aliphatic rings. The average Bonchev–Trinajstić information content (AvgIpc) is 2.44. The first-order valence-corrected chi connectivity index (χ1v) is 7.53. The average molecular weight is 395 g/mol. The number of carbonyl (C=O) groups is 2. The van der Waals surface area contributed by atoms with Gasteiger partial charge in [0.25, 0.3) is 0 Å². The fourth-order valence-electron chi connectivity index (χ4n) is 2.46. The van der Waals surface area contributed by atoms with Crippen LogP contribution in [0, 0.1) is 0 Å². The molecule has 3 rings (SSSR count). The van der Waals surface area contributed by atoms with Crippen LogP contribution in [-0.4, -0.2) is 18.6 Å². The Labute approximate surface area is 132 Å². The van der Waals surface area contributed by atoms with E-state index in [1.807, 2.05) is 0 Å². The normalized spacial score (nSPS) is 12.9. The van der Waals surface area contributed by atoms with Crippen molar-refractivity contribution in [2.75, 3.05) is 12.4 Å². The van der Waals surface area contributed by atoms with Crippen molar-refractivity contribution in [2.24, 2.45) is 0 Å². The van der Waals surface area contributed by atoms with E-state index in [1.54, 1.807) is 37.4 Å². The van der Waals surface area contributed by atoms with E-state index in [0.29, 0.717) is 32.4 Å². The second-order valence-corrected chi connectivity index (χ2v) is 6.13. The number of nitrogens with one attached hydrogen (secondary N) is 1. The molecule has 0 aromatic heterocycles. The summed E-state index contributed by atoms with van der Waals surface area (Å²) < 4.78 is 1.36. The van der Waals surface area contributed by atoms with Gasteiger partial charge in [0.1, 0.15) is 0 Å². The summed E-state index contributed by atoms with van der Waals surface area (Å²) in [5.74, 6) is -0.271. The number of rotatable bonds is 1. The highest BCUT2D eigenvalue weighted by atomic mass is 79.9. The fourth-order valence-corrected chi connectivity index (χ4v) is 4.00. The zero-order valence-corrected chi connectivity index (χ0v) is 13.6. The van der Waals surface area contributed by atoms with Crippen molar-refractivity contribution in [3.63, 3.8) is 0 Å². The number of hydrogen-bond donors (Lipinski definition) is 1. The van der Waals surface area contributed by atoms with Gasteiger partial charge in [-0.3, -0.25) is 9.59 Å². The Hall–Kier alpha value is -1.46. The van der Waals surface area contributed by atoms with Crippen molar-refractivity contribution in [1.29, 1.82) is 0 Å². The van der Waals surface area contributed by atoms with Gasteiger partial charge in [0, 0.05) is 27.1 Å². The second kappa shape index (κ2) is 4.82. The molecule has 0 aliphatic heterocycles. The lowest BCUT2D eigenvalue weighted by Gasteiger charge is -2.22. The van der Waals surface area contributed by atoms with Gasteiger partial charge in [0.2, 0.25) is 0 Å². The number of carbonyl (C=O) groups excluding carboxylic acids is 2. The molecule has 0 saturated heterocycles. The fraction of sp³-hybridized carbons (Fsp3) is 0.0667. The van der Waals surface area contributed by atoms with Crippen molar-refractivity contribution >= 4 is 49.1 Å². The van der Waals surface area contributed by atoms with Gasteiger partial charge in [-0.25, -0.2) is 0 Å². The molecule has 3 nitrogen and oxygen atoms in total. The van der Waals surface area contributed by atoms with E-state index < -0.39 is 0 Å². The number of halogens is 2. The van der Waals surface area contributed by atoms with Gasteiger partial charge < -0.3 is 5.32 Å². The lowest BCUT2D eigenvalue weighted by Crippen LogP contribution is -2.23. The van der Waals surface area contributed by atoms with Crippen LogP contribution in [0.3, 0.4) is 0 Å². The zero-order chi connectivity index (χ0) is 14.4. The molecule has 1 aliphatic carbocycles. The summed E-state index contributed by atoms with van der Waals surface area (Å²) in [6.07, 6.45) is 0. The van der Waals surface area contributed by atoms with E-state index in [-0.39, 0.29) is 11.6 Å². The van der Waals surface area contributed by atoms with E-state index in [9.17, 15) is 9.59 Å². The first kappa shape index (κ1) is 13.5. The third-order valence-electron chi connectivity index (χ3n) is 3.35. The highest BCUT2D eigenvalue weighted by Crippen LogP contribution is 2.40. The molecule has 1 N–H and O–H groups in total. The largest absolute Gasteiger partial charge is 0.387 e. The molecule has 0 unspecified atom stereocenters. The van der Waals surface area contributed by atoms with Gasteiger partial charge in [0.05, 0.1) is 16.8 Å². The minimum absolute atomic E-state index is 0.133. The molecule has 20 heavy (non-hydrogen) atoms. The van der Waals surface area contributed by atoms with Crippen LogP contribution in [0.25, 0.3) is 0 Å². The third kappa shape index (κ3) is 1.77. The summed E-state index contributed by atoms with van der Waals surface area (Å²) >= 11 is 6.80. The Kier molecular flexibility index (Phi) is 3.26. The van der Waals surface area contributed by atoms with Crippen molar-refractivity contribution in [3.05, 3.63) is 61.5 Å². The molecule has 100 valence electrons. The highest BCUT2D eigenvalue weighted by Gasteiger charge is 2.34. The van der Waals surface area contributed by atoms with Crippen molar-refractivity contribution < 1.29 is 9.59 Å². The number of benzene rings is 2. The summed E-state index contributed by atoms with van der Waals surface area (Å²) in [6.45, 7) is 0. The van der Waals surface area contributed by atoms with E-state index in [1.165, 1.54) is 0 Å². The number of fused-ring (bicyclic) bond motifs is 2. The predicted molar refractivity (Wildman–Crippen MR) is 84.7 cm³/mol. The molecule has 0 bridgehead atoms. The molecule has 0 saturated carbocycles. The molecule has 0 spiro atoms. The minimum atomic E-state index is -0.137. The topological polar surface area (TPSA) is 46.2 Å². The maximum absolute atomic E-state index is 12.7. The number of anilines is 1. The molecule has 0 fully saturated rings. The van der Waals surface area contributed by atoms with Crippen LogP contribution in [-0.2, 0) is 0 Å². The van der Waals surface area contributed by atoms with Gasteiger partial charge in [-0.05, 0) is 37.9 Å². The molecule has 2 aromatic carbocycles. The Balaban J connectivity index is 2.42. The van der Waals surface area contributed by atoms with Crippen LogP contribution in [0.4, 0.5) is 5.69 Å². The van der Waals surface area contributed by atoms with Gasteiger partial charge in [-0.15, -0.1) is 0 Å². The van der Waals surface area contributed by atoms with Crippen molar-refractivity contribution in [1.82, 2.24) is 0 Å². The molecule has 0 atom stereocenters. The molecular weight excluding hydrogens is 386 g/mol. The van der Waals surface area contributed by atoms with Crippen LogP contribution in [0.15, 0.2) is 39.3 Å². The molecular formula is C15H9Br2NO2. The standard InChI is InChI=1S/C15H9Br2NO2/c1-18-13-10(17)6-9(16)11-12(13)15(20)8-5-3-2-4-7(8)14(11)19/h2-6,18H,1H3. The number of hydrogen-bond acceptors (Lipinski definition) is 3. The SMILES string of the molecule is CNc1c(Br)cc(Br)c2c1C(=O)c1ccccc1C2=O. The van der Waals surface area contributed by atoms with Crippen LogP contribution in [0.1, 0.15) is 31.8 Å². The third-order valence-corrected chi connectivity index (χ3v) is 4.60. The smallest absolute Gasteiger partial charge is 0.196 e. The first-order chi connectivity index (χ1) is 9.56. The molecule has 5 heteroatoms. The van der Waals surface area contributed by atoms with Crippen LogP contribution < -0.4 is 5.32 Å². The van der Waals surface area contributed by atoms with Gasteiger partial charge >= 0.3 is 0 Å². The molecule has 0 amide bonds. The monoisotopic (exact) mass is 393 g/mol. The van der Waals surface area contributed by atoms with Gasteiger partial charge in [0.15, 0.2) is 11.6 Å². The Morgan fingerprint density at radius 1 is 0.900 bits per heavy atom. The Morgan fingerprint density at radius 2 is 1.45 bits per heavy atom. The summed E-state index contributed by atoms with van der Waals surface area (Å²) in [5.41, 5.74) is 2.37. The summed E-state index contributed by atoms with van der Waals surface area (Å²) in [4.78, 5) is 25.3. The molecule has 0 radical (unpaired) electrons. The molecule has 2 aromatic rings. The van der Waals surface area contributed by atoms with E-state index in [4.69, 9.17) is 0 Å². The maximum Gasteiger partial charge on any atom is 0.196 e. The lowest BCUT2D eigenvalue weighted by molar-refractivity contribution is 0.0979. The minimum Gasteiger partial charge on any atom is -0.387 e. The first-order valence-electron chi connectivity index (χ1n) is 5.94. The van der Waals surface area contributed by atoms with Crippen LogP contribution >= 0.6 is 31.9 Å². The zero-order valence-electron chi connectivity index (χ0n) is 10.5. The number of ketones is 2. The second-order valence-electron chi connectivity index (χ2n) is 4.42. The van der Waals surface area contributed by atoms with Crippen molar-refractivity contribution in [3.8, 4) is 0 Å². The van der Waals surface area contributed by atoms with Crippen LogP contribution in [0.2, 0.25) is 0 Å². The van der Waals surface area contributed by atoms with Crippen LogP contribution in [0.5, 0.6) is 0 Å². The highest BCUT2D eigenvalue weighted by molar-refractivity contribution is 9.11. The van der Waals surface area contributed by atoms with Gasteiger partial charge in [-0.1, -0.05) is 24.3 Å². The van der Waals surface area contributed by atoms with Crippen molar-refractivity contribution in [2.45, 2.75) is 0 Å². The maximum atomic E-state index is 12.7. The lowest BCUT2D eigenvalue weighted by atomic mass is 9.83. The van der Waals surface area contributed by atoms with E-state index in [2.05, 4.69) is 37.2 Å². The summed E-state index contributed by atoms with van der Waals surface area (Å²) in [7, 11) is 1.73. The Bertz CT molecular complexity index is 769. The Morgan fingerprint density at radius 3 is 2.00 bits per heavy atom. The summed E-state index contributed by atoms with van der Waals surface area (Å²) in [6, 6.07) is 8.68. The van der Waals surface area contributed by atoms with E-state index in [0.717, 1.165) is 4.47 Å². The van der Waals surface area contributed by atoms with E-state index >= 15 is 0 Å².